The molecule has 3 rings (SSSR count). The topological polar surface area (TPSA) is 42.3 Å². The van der Waals surface area contributed by atoms with Crippen molar-refractivity contribution in [3.63, 3.8) is 0 Å². The van der Waals surface area contributed by atoms with E-state index in [2.05, 4.69) is 23.4 Å². The molecule has 142 valence electrons. The van der Waals surface area contributed by atoms with Gasteiger partial charge >= 0.3 is 0 Å². The molecule has 0 amide bonds. The lowest BCUT2D eigenvalue weighted by Crippen LogP contribution is -2.21. The molecule has 0 saturated heterocycles. The number of fused-ring (bicyclic) bond motifs is 3. The zero-order valence-electron chi connectivity index (χ0n) is 16.7. The lowest BCUT2D eigenvalue weighted by molar-refractivity contribution is 0.100. The number of hydrogen-bond donors (Lipinski definition) is 0. The van der Waals surface area contributed by atoms with Crippen molar-refractivity contribution in [2.45, 2.75) is 40.2 Å². The Morgan fingerprint density at radius 1 is 0.889 bits per heavy atom. The van der Waals surface area contributed by atoms with Gasteiger partial charge in [-0.2, -0.15) is 0 Å². The first kappa shape index (κ1) is 19.3. The zero-order valence-corrected chi connectivity index (χ0v) is 16.7. The van der Waals surface area contributed by atoms with Gasteiger partial charge in [0.1, 0.15) is 0 Å². The van der Waals surface area contributed by atoms with Crippen LogP contribution in [-0.2, 0) is 6.54 Å². The fourth-order valence-electron chi connectivity index (χ4n) is 3.78. The van der Waals surface area contributed by atoms with E-state index in [1.54, 1.807) is 13.8 Å². The molecule has 27 heavy (non-hydrogen) atoms. The van der Waals surface area contributed by atoms with Gasteiger partial charge in [-0.25, -0.2) is 0 Å². The summed E-state index contributed by atoms with van der Waals surface area (Å²) in [6.07, 6.45) is 2.21. The third-order valence-corrected chi connectivity index (χ3v) is 5.20. The number of benzene rings is 2. The van der Waals surface area contributed by atoms with E-state index in [1.165, 1.54) is 0 Å². The number of aromatic nitrogens is 1. The van der Waals surface area contributed by atoms with Crippen molar-refractivity contribution in [1.29, 1.82) is 0 Å². The first-order chi connectivity index (χ1) is 12.9. The fourth-order valence-corrected chi connectivity index (χ4v) is 3.78. The summed E-state index contributed by atoms with van der Waals surface area (Å²) in [6, 6.07) is 11.8. The molecule has 0 aliphatic rings. The number of carbonyl (C=O) groups is 2. The number of rotatable bonds is 8. The summed E-state index contributed by atoms with van der Waals surface area (Å²) in [6.45, 7) is 8.44. The molecule has 2 aromatic carbocycles. The average Bonchev–Trinajstić information content (AvgIpc) is 2.94. The van der Waals surface area contributed by atoms with Crippen molar-refractivity contribution in [3.8, 4) is 0 Å². The summed E-state index contributed by atoms with van der Waals surface area (Å²) in [7, 11) is 2.16. The minimum Gasteiger partial charge on any atom is -0.340 e. The van der Waals surface area contributed by atoms with Crippen LogP contribution < -0.4 is 0 Å². The first-order valence-electron chi connectivity index (χ1n) is 9.68. The zero-order chi connectivity index (χ0) is 19.6. The summed E-state index contributed by atoms with van der Waals surface area (Å²) in [4.78, 5) is 26.1. The fraction of sp³-hybridized carbons (Fsp3) is 0.391. The Bertz CT molecular complexity index is 929. The summed E-state index contributed by atoms with van der Waals surface area (Å²) in [5, 5.41) is 2.09. The maximum absolute atomic E-state index is 11.8. The Balaban J connectivity index is 2.07. The molecular weight excluding hydrogens is 336 g/mol. The highest BCUT2D eigenvalue weighted by Crippen LogP contribution is 2.31. The minimum atomic E-state index is 0.0571. The molecule has 0 saturated carbocycles. The molecule has 0 radical (unpaired) electrons. The molecule has 0 aliphatic carbocycles. The molecule has 0 aliphatic heterocycles. The predicted molar refractivity (Wildman–Crippen MR) is 112 cm³/mol. The van der Waals surface area contributed by atoms with E-state index in [1.807, 2.05) is 36.4 Å². The molecule has 3 aromatic rings. The molecule has 4 nitrogen and oxygen atoms in total. The van der Waals surface area contributed by atoms with Crippen LogP contribution in [0.15, 0.2) is 36.4 Å². The maximum Gasteiger partial charge on any atom is 0.159 e. The lowest BCUT2D eigenvalue weighted by atomic mass is 10.0. The number of carbonyl (C=O) groups excluding carboxylic acids is 2. The van der Waals surface area contributed by atoms with Crippen LogP contribution >= 0.6 is 0 Å². The van der Waals surface area contributed by atoms with E-state index < -0.39 is 0 Å². The van der Waals surface area contributed by atoms with Crippen LogP contribution in [-0.4, -0.2) is 41.2 Å². The van der Waals surface area contributed by atoms with Crippen LogP contribution in [0.5, 0.6) is 0 Å². The van der Waals surface area contributed by atoms with Crippen LogP contribution in [0.2, 0.25) is 0 Å². The molecule has 0 fully saturated rings. The number of aryl methyl sites for hydroxylation is 1. The molecule has 0 bridgehead atoms. The van der Waals surface area contributed by atoms with Gasteiger partial charge in [0.25, 0.3) is 0 Å². The minimum absolute atomic E-state index is 0.0571. The number of Topliss-reactive ketones (excluding diaryl/α,β-unsaturated/α-hetero) is 2. The SMILES string of the molecule is CCCN(C)CCCn1c2ccc(C(C)=O)cc2c2cc(C(C)=O)ccc21. The van der Waals surface area contributed by atoms with Gasteiger partial charge in [-0.05, 0) is 83.2 Å². The van der Waals surface area contributed by atoms with Gasteiger partial charge in [-0.3, -0.25) is 9.59 Å². The maximum atomic E-state index is 11.8. The molecule has 4 heteroatoms. The van der Waals surface area contributed by atoms with Crippen LogP contribution in [0, 0.1) is 0 Å². The van der Waals surface area contributed by atoms with E-state index in [9.17, 15) is 9.59 Å². The van der Waals surface area contributed by atoms with Crippen molar-refractivity contribution >= 4 is 33.4 Å². The largest absolute Gasteiger partial charge is 0.340 e. The first-order valence-corrected chi connectivity index (χ1v) is 9.68. The Kier molecular flexibility index (Phi) is 5.76. The standard InChI is InChI=1S/C23H28N2O2/c1-5-11-24(4)12-6-13-25-22-9-7-18(16(2)26)14-20(22)21-15-19(17(3)27)8-10-23(21)25/h7-10,14-15H,5-6,11-13H2,1-4H3. The normalized spacial score (nSPS) is 11.6. The molecule has 0 unspecified atom stereocenters. The van der Waals surface area contributed by atoms with E-state index in [4.69, 9.17) is 0 Å². The van der Waals surface area contributed by atoms with Crippen molar-refractivity contribution in [1.82, 2.24) is 9.47 Å². The quantitative estimate of drug-likeness (QED) is 0.532. The summed E-state index contributed by atoms with van der Waals surface area (Å²) < 4.78 is 2.32. The lowest BCUT2D eigenvalue weighted by Gasteiger charge is -2.16. The van der Waals surface area contributed by atoms with Gasteiger partial charge in [-0.1, -0.05) is 6.92 Å². The molecule has 0 spiro atoms. The Labute approximate surface area is 160 Å². The highest BCUT2D eigenvalue weighted by molar-refractivity contribution is 6.12. The third-order valence-electron chi connectivity index (χ3n) is 5.20. The van der Waals surface area contributed by atoms with E-state index in [0.717, 1.165) is 54.3 Å². The van der Waals surface area contributed by atoms with Crippen LogP contribution in [0.4, 0.5) is 0 Å². The number of ketones is 2. The van der Waals surface area contributed by atoms with Gasteiger partial charge in [0.15, 0.2) is 11.6 Å². The monoisotopic (exact) mass is 364 g/mol. The van der Waals surface area contributed by atoms with Crippen molar-refractivity contribution in [2.75, 3.05) is 20.1 Å². The average molecular weight is 364 g/mol. The van der Waals surface area contributed by atoms with E-state index in [-0.39, 0.29) is 11.6 Å². The Hall–Kier alpha value is -2.46. The van der Waals surface area contributed by atoms with Crippen molar-refractivity contribution in [3.05, 3.63) is 47.5 Å². The highest BCUT2D eigenvalue weighted by atomic mass is 16.1. The molecular formula is C23H28N2O2. The second-order valence-corrected chi connectivity index (χ2v) is 7.38. The smallest absolute Gasteiger partial charge is 0.159 e. The van der Waals surface area contributed by atoms with Crippen LogP contribution in [0.1, 0.15) is 54.3 Å². The third kappa shape index (κ3) is 3.96. The van der Waals surface area contributed by atoms with Crippen molar-refractivity contribution < 1.29 is 9.59 Å². The predicted octanol–water partition coefficient (Wildman–Crippen LogP) is 4.93. The van der Waals surface area contributed by atoms with Crippen LogP contribution in [0.25, 0.3) is 21.8 Å². The van der Waals surface area contributed by atoms with Gasteiger partial charge < -0.3 is 9.47 Å². The Morgan fingerprint density at radius 2 is 1.41 bits per heavy atom. The summed E-state index contributed by atoms with van der Waals surface area (Å²) in [5.41, 5.74) is 3.65. The molecule has 1 aromatic heterocycles. The highest BCUT2D eigenvalue weighted by Gasteiger charge is 2.14. The summed E-state index contributed by atoms with van der Waals surface area (Å²) >= 11 is 0. The second-order valence-electron chi connectivity index (χ2n) is 7.38. The second kappa shape index (κ2) is 8.05. The molecule has 0 N–H and O–H groups in total. The van der Waals surface area contributed by atoms with Gasteiger partial charge in [0.2, 0.25) is 0 Å². The van der Waals surface area contributed by atoms with Crippen molar-refractivity contribution in [2.24, 2.45) is 0 Å². The van der Waals surface area contributed by atoms with E-state index >= 15 is 0 Å². The number of nitrogens with zero attached hydrogens (tertiary/aromatic N) is 2. The number of hydrogen-bond acceptors (Lipinski definition) is 3. The van der Waals surface area contributed by atoms with Gasteiger partial charge in [0, 0.05) is 39.5 Å². The molecule has 1 heterocycles. The summed E-state index contributed by atoms with van der Waals surface area (Å²) in [5.74, 6) is 0.114. The molecule has 0 atom stereocenters. The van der Waals surface area contributed by atoms with Gasteiger partial charge in [0.05, 0.1) is 0 Å². The van der Waals surface area contributed by atoms with E-state index in [0.29, 0.717) is 11.1 Å². The Morgan fingerprint density at radius 3 is 1.85 bits per heavy atom. The van der Waals surface area contributed by atoms with Gasteiger partial charge in [-0.15, -0.1) is 0 Å². The van der Waals surface area contributed by atoms with Crippen LogP contribution in [0.3, 0.4) is 0 Å².